The zero-order valence-electron chi connectivity index (χ0n) is 12.8. The molecule has 0 aromatic heterocycles. The molecule has 2 N–H and O–H groups in total. The average molecular weight is 333 g/mol. The van der Waals surface area contributed by atoms with Gasteiger partial charge in [-0.05, 0) is 42.3 Å². The van der Waals surface area contributed by atoms with E-state index >= 15 is 0 Å². The third kappa shape index (κ3) is 3.38. The van der Waals surface area contributed by atoms with Gasteiger partial charge in [0.05, 0.1) is 18.6 Å². The standard InChI is InChI=1S/C18H17F2NO3/c19-12-4-5-16(20)15(8-12)17-9-14(23)10-21(17)18(24)7-11-2-1-3-13(22)6-11/h1-6,8,14,17,22-23H,7,9-10H2. The van der Waals surface area contributed by atoms with Gasteiger partial charge < -0.3 is 15.1 Å². The molecule has 4 nitrogen and oxygen atoms in total. The maximum absolute atomic E-state index is 14.0. The highest BCUT2D eigenvalue weighted by Crippen LogP contribution is 2.34. The van der Waals surface area contributed by atoms with E-state index in [4.69, 9.17) is 0 Å². The molecular weight excluding hydrogens is 316 g/mol. The summed E-state index contributed by atoms with van der Waals surface area (Å²) in [5, 5.41) is 19.4. The first kappa shape index (κ1) is 16.4. The maximum atomic E-state index is 14.0. The predicted octanol–water partition coefficient (Wildman–Crippen LogP) is 2.55. The Kier molecular flexibility index (Phi) is 4.49. The quantitative estimate of drug-likeness (QED) is 0.907. The lowest BCUT2D eigenvalue weighted by Gasteiger charge is -2.25. The van der Waals surface area contributed by atoms with Gasteiger partial charge >= 0.3 is 0 Å². The summed E-state index contributed by atoms with van der Waals surface area (Å²) in [4.78, 5) is 13.9. The molecule has 2 aromatic rings. The van der Waals surface area contributed by atoms with Crippen LogP contribution in [-0.4, -0.2) is 33.7 Å². The molecule has 2 atom stereocenters. The van der Waals surface area contributed by atoms with Crippen LogP contribution in [0.15, 0.2) is 42.5 Å². The molecule has 2 aromatic carbocycles. The van der Waals surface area contributed by atoms with Crippen molar-refractivity contribution in [3.63, 3.8) is 0 Å². The van der Waals surface area contributed by atoms with E-state index in [2.05, 4.69) is 0 Å². The van der Waals surface area contributed by atoms with Crippen molar-refractivity contribution in [3.05, 3.63) is 65.2 Å². The number of rotatable bonds is 3. The summed E-state index contributed by atoms with van der Waals surface area (Å²) in [6.45, 7) is 0.0677. The zero-order valence-corrected chi connectivity index (χ0v) is 12.8. The van der Waals surface area contributed by atoms with Gasteiger partial charge in [-0.3, -0.25) is 4.79 Å². The Bertz CT molecular complexity index is 766. The molecule has 3 rings (SSSR count). The van der Waals surface area contributed by atoms with E-state index < -0.39 is 23.8 Å². The highest BCUT2D eigenvalue weighted by molar-refractivity contribution is 5.79. The van der Waals surface area contributed by atoms with E-state index in [9.17, 15) is 23.8 Å². The minimum absolute atomic E-state index is 0.00849. The van der Waals surface area contributed by atoms with Crippen LogP contribution < -0.4 is 0 Å². The maximum Gasteiger partial charge on any atom is 0.227 e. The number of phenols is 1. The predicted molar refractivity (Wildman–Crippen MR) is 83.2 cm³/mol. The third-order valence-electron chi connectivity index (χ3n) is 4.18. The van der Waals surface area contributed by atoms with Crippen LogP contribution in [0.25, 0.3) is 0 Å². The van der Waals surface area contributed by atoms with Gasteiger partial charge in [0.2, 0.25) is 5.91 Å². The van der Waals surface area contributed by atoms with Crippen molar-refractivity contribution in [2.45, 2.75) is 25.0 Å². The number of aliphatic hydroxyl groups is 1. The molecule has 0 radical (unpaired) electrons. The molecule has 1 saturated heterocycles. The van der Waals surface area contributed by atoms with Crippen molar-refractivity contribution in [3.8, 4) is 5.75 Å². The molecule has 1 amide bonds. The Morgan fingerprint density at radius 3 is 2.75 bits per heavy atom. The van der Waals surface area contributed by atoms with Crippen molar-refractivity contribution in [2.75, 3.05) is 6.54 Å². The number of aliphatic hydroxyl groups excluding tert-OH is 1. The van der Waals surface area contributed by atoms with Crippen LogP contribution in [0.2, 0.25) is 0 Å². The van der Waals surface area contributed by atoms with Crippen LogP contribution in [0.4, 0.5) is 8.78 Å². The molecule has 1 fully saturated rings. The summed E-state index contributed by atoms with van der Waals surface area (Å²) >= 11 is 0. The van der Waals surface area contributed by atoms with Gasteiger partial charge in [0, 0.05) is 12.1 Å². The number of phenolic OH excluding ortho intramolecular Hbond substituents is 1. The lowest BCUT2D eigenvalue weighted by atomic mass is 10.0. The number of carbonyl (C=O) groups excluding carboxylic acids is 1. The fraction of sp³-hybridized carbons (Fsp3) is 0.278. The molecule has 2 unspecified atom stereocenters. The van der Waals surface area contributed by atoms with Crippen LogP contribution in [0.5, 0.6) is 5.75 Å². The van der Waals surface area contributed by atoms with Crippen molar-refractivity contribution in [1.82, 2.24) is 4.90 Å². The first-order valence-corrected chi connectivity index (χ1v) is 7.64. The van der Waals surface area contributed by atoms with Gasteiger partial charge in [0.1, 0.15) is 17.4 Å². The number of halogens is 2. The van der Waals surface area contributed by atoms with Gasteiger partial charge in [-0.2, -0.15) is 0 Å². The van der Waals surface area contributed by atoms with Crippen LogP contribution in [0.1, 0.15) is 23.6 Å². The number of amides is 1. The second-order valence-corrected chi connectivity index (χ2v) is 5.96. The fourth-order valence-electron chi connectivity index (χ4n) is 3.10. The first-order valence-electron chi connectivity index (χ1n) is 7.64. The van der Waals surface area contributed by atoms with Gasteiger partial charge in [-0.25, -0.2) is 8.78 Å². The number of likely N-dealkylation sites (tertiary alicyclic amines) is 1. The number of aromatic hydroxyl groups is 1. The summed E-state index contributed by atoms with van der Waals surface area (Å²) in [6, 6.07) is 8.69. The summed E-state index contributed by atoms with van der Waals surface area (Å²) in [5.74, 6) is -1.46. The molecule has 126 valence electrons. The van der Waals surface area contributed by atoms with Crippen molar-refractivity contribution < 1.29 is 23.8 Å². The van der Waals surface area contributed by atoms with Gasteiger partial charge in [0.25, 0.3) is 0 Å². The molecule has 0 bridgehead atoms. The highest BCUT2D eigenvalue weighted by atomic mass is 19.1. The molecule has 1 aliphatic rings. The molecule has 0 aliphatic carbocycles. The summed E-state index contributed by atoms with van der Waals surface area (Å²) in [7, 11) is 0. The number of β-amino-alcohol motifs (C(OH)–C–C–N with tert-alkyl or cyclic N) is 1. The molecule has 1 aliphatic heterocycles. The van der Waals surface area contributed by atoms with E-state index in [1.54, 1.807) is 12.1 Å². The molecule has 24 heavy (non-hydrogen) atoms. The van der Waals surface area contributed by atoms with E-state index in [1.807, 2.05) is 0 Å². The van der Waals surface area contributed by atoms with Crippen LogP contribution in [-0.2, 0) is 11.2 Å². The van der Waals surface area contributed by atoms with Gasteiger partial charge in [0.15, 0.2) is 0 Å². The minimum Gasteiger partial charge on any atom is -0.508 e. The monoisotopic (exact) mass is 333 g/mol. The van der Waals surface area contributed by atoms with Crippen molar-refractivity contribution in [1.29, 1.82) is 0 Å². The van der Waals surface area contributed by atoms with E-state index in [0.29, 0.717) is 5.56 Å². The summed E-state index contributed by atoms with van der Waals surface area (Å²) in [6.07, 6.45) is -0.619. The molecule has 6 heteroatoms. The summed E-state index contributed by atoms with van der Waals surface area (Å²) < 4.78 is 27.5. The van der Waals surface area contributed by atoms with Crippen molar-refractivity contribution >= 4 is 5.91 Å². The smallest absolute Gasteiger partial charge is 0.227 e. The van der Waals surface area contributed by atoms with Gasteiger partial charge in [-0.15, -0.1) is 0 Å². The topological polar surface area (TPSA) is 60.8 Å². The Balaban J connectivity index is 1.85. The largest absolute Gasteiger partial charge is 0.508 e. The second-order valence-electron chi connectivity index (χ2n) is 5.96. The SMILES string of the molecule is O=C(Cc1cccc(O)c1)N1CC(O)CC1c1cc(F)ccc1F. The Hall–Kier alpha value is -2.47. The number of nitrogens with zero attached hydrogens (tertiary/aromatic N) is 1. The Labute approximate surface area is 138 Å². The number of hydrogen-bond donors (Lipinski definition) is 2. The van der Waals surface area contributed by atoms with Crippen LogP contribution in [0.3, 0.4) is 0 Å². The van der Waals surface area contributed by atoms with Crippen LogP contribution >= 0.6 is 0 Å². The highest BCUT2D eigenvalue weighted by Gasteiger charge is 2.36. The molecule has 0 spiro atoms. The lowest BCUT2D eigenvalue weighted by Crippen LogP contribution is -2.33. The number of hydrogen-bond acceptors (Lipinski definition) is 3. The minimum atomic E-state index is -0.786. The summed E-state index contributed by atoms with van der Waals surface area (Å²) in [5.41, 5.74) is 0.677. The number of carbonyl (C=O) groups is 1. The molecule has 1 heterocycles. The zero-order chi connectivity index (χ0) is 17.3. The van der Waals surface area contributed by atoms with Crippen LogP contribution in [0, 0.1) is 11.6 Å². The van der Waals surface area contributed by atoms with Gasteiger partial charge in [-0.1, -0.05) is 12.1 Å². The normalized spacial score (nSPS) is 20.4. The molecular formula is C18H17F2NO3. The Morgan fingerprint density at radius 1 is 1.21 bits per heavy atom. The van der Waals surface area contributed by atoms with E-state index in [0.717, 1.165) is 18.2 Å². The third-order valence-corrected chi connectivity index (χ3v) is 4.18. The fourth-order valence-corrected chi connectivity index (χ4v) is 3.10. The lowest BCUT2D eigenvalue weighted by molar-refractivity contribution is -0.131. The first-order chi connectivity index (χ1) is 11.4. The number of benzene rings is 2. The second kappa shape index (κ2) is 6.57. The average Bonchev–Trinajstić information content (AvgIpc) is 2.91. The molecule has 0 saturated carbocycles. The van der Waals surface area contributed by atoms with E-state index in [-0.39, 0.29) is 36.6 Å². The van der Waals surface area contributed by atoms with Crippen molar-refractivity contribution in [2.24, 2.45) is 0 Å². The van der Waals surface area contributed by atoms with E-state index in [1.165, 1.54) is 17.0 Å². The Morgan fingerprint density at radius 2 is 2.00 bits per heavy atom.